The molecule has 0 aliphatic rings. The van der Waals surface area contributed by atoms with Gasteiger partial charge < -0.3 is 5.32 Å². The van der Waals surface area contributed by atoms with E-state index in [4.69, 9.17) is 0 Å². The Bertz CT molecular complexity index is 381. The van der Waals surface area contributed by atoms with Gasteiger partial charge in [-0.25, -0.2) is 0 Å². The van der Waals surface area contributed by atoms with Gasteiger partial charge in [-0.2, -0.15) is 0 Å². The van der Waals surface area contributed by atoms with Gasteiger partial charge in [0.05, 0.1) is 0 Å². The maximum absolute atomic E-state index is 3.65. The van der Waals surface area contributed by atoms with Crippen molar-refractivity contribution >= 4 is 0 Å². The Morgan fingerprint density at radius 3 is 2.00 bits per heavy atom. The summed E-state index contributed by atoms with van der Waals surface area (Å²) in [6, 6.07) is 10.1. The van der Waals surface area contributed by atoms with Crippen LogP contribution in [0.25, 0.3) is 0 Å². The zero-order valence-electron chi connectivity index (χ0n) is 14.8. The van der Waals surface area contributed by atoms with Crippen molar-refractivity contribution in [2.75, 3.05) is 19.6 Å². The van der Waals surface area contributed by atoms with E-state index in [0.29, 0.717) is 18.0 Å². The highest BCUT2D eigenvalue weighted by atomic mass is 15.2. The number of nitrogens with one attached hydrogen (secondary N) is 1. The molecule has 1 aromatic rings. The van der Waals surface area contributed by atoms with Crippen LogP contribution >= 0.6 is 0 Å². The van der Waals surface area contributed by atoms with E-state index >= 15 is 0 Å². The van der Waals surface area contributed by atoms with E-state index in [-0.39, 0.29) is 0 Å². The smallest absolute Gasteiger partial charge is 0.0449 e. The van der Waals surface area contributed by atoms with Gasteiger partial charge >= 0.3 is 0 Å². The van der Waals surface area contributed by atoms with Crippen LogP contribution in [0.5, 0.6) is 0 Å². The normalized spacial score (nSPS) is 13.4. The molecule has 1 unspecified atom stereocenters. The molecule has 21 heavy (non-hydrogen) atoms. The Morgan fingerprint density at radius 2 is 1.57 bits per heavy atom. The van der Waals surface area contributed by atoms with E-state index < -0.39 is 0 Å². The van der Waals surface area contributed by atoms with Gasteiger partial charge in [-0.05, 0) is 43.9 Å². The summed E-state index contributed by atoms with van der Waals surface area (Å²) in [6.07, 6.45) is 1.11. The molecule has 0 spiro atoms. The van der Waals surface area contributed by atoms with Crippen LogP contribution in [0.1, 0.15) is 58.7 Å². The Kier molecular flexibility index (Phi) is 7.98. The molecule has 0 amide bonds. The van der Waals surface area contributed by atoms with Crippen molar-refractivity contribution in [3.05, 3.63) is 35.4 Å². The summed E-state index contributed by atoms with van der Waals surface area (Å²) in [6.45, 7) is 16.8. The first-order valence-electron chi connectivity index (χ1n) is 8.54. The Balaban J connectivity index is 2.83. The van der Waals surface area contributed by atoms with E-state index in [1.165, 1.54) is 11.1 Å². The van der Waals surface area contributed by atoms with Gasteiger partial charge in [0.15, 0.2) is 0 Å². The lowest BCUT2D eigenvalue weighted by molar-refractivity contribution is 0.177. The standard InChI is InChI=1S/C19H34N2/c1-7-17-9-11-18(12-10-17)19(20-8-2)14-21(16(5)6)13-15(3)4/h9-12,15-16,19-20H,7-8,13-14H2,1-6H3. The van der Waals surface area contributed by atoms with Gasteiger partial charge in [0.25, 0.3) is 0 Å². The van der Waals surface area contributed by atoms with Crippen LogP contribution in [0.2, 0.25) is 0 Å². The van der Waals surface area contributed by atoms with E-state index in [1.54, 1.807) is 0 Å². The fourth-order valence-electron chi connectivity index (χ4n) is 2.72. The third-order valence-corrected chi connectivity index (χ3v) is 3.99. The van der Waals surface area contributed by atoms with E-state index in [1.807, 2.05) is 0 Å². The number of hydrogen-bond donors (Lipinski definition) is 1. The van der Waals surface area contributed by atoms with Crippen LogP contribution in [-0.2, 0) is 6.42 Å². The predicted molar refractivity (Wildman–Crippen MR) is 93.8 cm³/mol. The third-order valence-electron chi connectivity index (χ3n) is 3.99. The molecule has 0 saturated carbocycles. The minimum Gasteiger partial charge on any atom is -0.309 e. The van der Waals surface area contributed by atoms with Crippen LogP contribution in [0, 0.1) is 5.92 Å². The topological polar surface area (TPSA) is 15.3 Å². The molecule has 0 saturated heterocycles. The molecule has 0 fully saturated rings. The maximum Gasteiger partial charge on any atom is 0.0449 e. The molecule has 1 aromatic carbocycles. The van der Waals surface area contributed by atoms with Gasteiger partial charge in [-0.1, -0.05) is 52.0 Å². The van der Waals surface area contributed by atoms with Gasteiger partial charge in [0, 0.05) is 25.2 Å². The SMILES string of the molecule is CCNC(CN(CC(C)C)C(C)C)c1ccc(CC)cc1. The summed E-state index contributed by atoms with van der Waals surface area (Å²) >= 11 is 0. The first-order valence-corrected chi connectivity index (χ1v) is 8.54. The summed E-state index contributed by atoms with van der Waals surface area (Å²) in [5, 5.41) is 3.65. The summed E-state index contributed by atoms with van der Waals surface area (Å²) < 4.78 is 0. The molecule has 120 valence electrons. The summed E-state index contributed by atoms with van der Waals surface area (Å²) in [5.41, 5.74) is 2.82. The second-order valence-corrected chi connectivity index (χ2v) is 6.65. The highest BCUT2D eigenvalue weighted by Crippen LogP contribution is 2.18. The fraction of sp³-hybridized carbons (Fsp3) is 0.684. The van der Waals surface area contributed by atoms with Crippen molar-refractivity contribution < 1.29 is 0 Å². The average molecular weight is 290 g/mol. The minimum atomic E-state index is 0.419. The average Bonchev–Trinajstić information content (AvgIpc) is 2.45. The van der Waals surface area contributed by atoms with Crippen LogP contribution in [0.15, 0.2) is 24.3 Å². The van der Waals surface area contributed by atoms with Crippen molar-refractivity contribution in [3.63, 3.8) is 0 Å². The van der Waals surface area contributed by atoms with Crippen LogP contribution in [0.3, 0.4) is 0 Å². The zero-order valence-corrected chi connectivity index (χ0v) is 14.8. The molecule has 1 rings (SSSR count). The van der Waals surface area contributed by atoms with Gasteiger partial charge in [-0.15, -0.1) is 0 Å². The van der Waals surface area contributed by atoms with Crippen molar-refractivity contribution in [1.82, 2.24) is 10.2 Å². The highest BCUT2D eigenvalue weighted by Gasteiger charge is 2.18. The molecular weight excluding hydrogens is 256 g/mol. The van der Waals surface area contributed by atoms with Crippen molar-refractivity contribution in [2.24, 2.45) is 5.92 Å². The number of aryl methyl sites for hydroxylation is 1. The molecule has 1 N–H and O–H groups in total. The fourth-order valence-corrected chi connectivity index (χ4v) is 2.72. The summed E-state index contributed by atoms with van der Waals surface area (Å²) in [7, 11) is 0. The summed E-state index contributed by atoms with van der Waals surface area (Å²) in [5.74, 6) is 0.706. The molecule has 2 nitrogen and oxygen atoms in total. The molecule has 0 aromatic heterocycles. The predicted octanol–water partition coefficient (Wildman–Crippen LogP) is 4.27. The molecule has 0 aliphatic heterocycles. The molecule has 0 aliphatic carbocycles. The lowest BCUT2D eigenvalue weighted by atomic mass is 10.0. The monoisotopic (exact) mass is 290 g/mol. The first-order chi connectivity index (χ1) is 9.97. The third kappa shape index (κ3) is 6.19. The van der Waals surface area contributed by atoms with Gasteiger partial charge in [0.2, 0.25) is 0 Å². The Labute approximate surface area is 131 Å². The molecular formula is C19H34N2. The number of likely N-dealkylation sites (N-methyl/N-ethyl adjacent to an activating group) is 1. The van der Waals surface area contributed by atoms with Gasteiger partial charge in [-0.3, -0.25) is 4.90 Å². The van der Waals surface area contributed by atoms with Crippen LogP contribution in [-0.4, -0.2) is 30.6 Å². The van der Waals surface area contributed by atoms with Crippen molar-refractivity contribution in [2.45, 2.75) is 60.0 Å². The second-order valence-electron chi connectivity index (χ2n) is 6.65. The largest absolute Gasteiger partial charge is 0.309 e. The first kappa shape index (κ1) is 18.2. The zero-order chi connectivity index (χ0) is 15.8. The van der Waals surface area contributed by atoms with E-state index in [0.717, 1.165) is 26.1 Å². The Morgan fingerprint density at radius 1 is 0.952 bits per heavy atom. The van der Waals surface area contributed by atoms with Gasteiger partial charge in [0.1, 0.15) is 0 Å². The number of benzene rings is 1. The molecule has 0 radical (unpaired) electrons. The maximum atomic E-state index is 3.65. The lowest BCUT2D eigenvalue weighted by Gasteiger charge is -2.32. The minimum absolute atomic E-state index is 0.419. The second kappa shape index (κ2) is 9.22. The Hall–Kier alpha value is -0.860. The lowest BCUT2D eigenvalue weighted by Crippen LogP contribution is -2.41. The molecule has 0 heterocycles. The number of nitrogens with zero attached hydrogens (tertiary/aromatic N) is 1. The van der Waals surface area contributed by atoms with Crippen LogP contribution in [0.4, 0.5) is 0 Å². The number of hydrogen-bond acceptors (Lipinski definition) is 2. The molecule has 1 atom stereocenters. The van der Waals surface area contributed by atoms with E-state index in [2.05, 4.69) is 76.0 Å². The van der Waals surface area contributed by atoms with Crippen molar-refractivity contribution in [3.8, 4) is 0 Å². The summed E-state index contributed by atoms with van der Waals surface area (Å²) in [4.78, 5) is 2.59. The number of rotatable bonds is 9. The quantitative estimate of drug-likeness (QED) is 0.731. The van der Waals surface area contributed by atoms with E-state index in [9.17, 15) is 0 Å². The molecule has 0 bridgehead atoms. The molecule has 2 heteroatoms. The highest BCUT2D eigenvalue weighted by molar-refractivity contribution is 5.25. The van der Waals surface area contributed by atoms with Crippen LogP contribution < -0.4 is 5.32 Å². The van der Waals surface area contributed by atoms with Crippen molar-refractivity contribution in [1.29, 1.82) is 0 Å².